The number of carboxylic acid groups (broad SMARTS) is 1. The number of hydrogen-bond donors (Lipinski definition) is 2. The number of amides is 1. The zero-order valence-corrected chi connectivity index (χ0v) is 8.42. The van der Waals surface area contributed by atoms with Gasteiger partial charge in [0.15, 0.2) is 0 Å². The first-order valence-corrected chi connectivity index (χ1v) is 4.57. The molecule has 0 aliphatic carbocycles. The second-order valence-electron chi connectivity index (χ2n) is 3.13. The quantitative estimate of drug-likeness (QED) is 0.722. The van der Waals surface area contributed by atoms with Crippen molar-refractivity contribution in [1.29, 1.82) is 0 Å². The van der Waals surface area contributed by atoms with E-state index in [2.05, 4.69) is 4.65 Å². The molecule has 0 aliphatic heterocycles. The van der Waals surface area contributed by atoms with Crippen molar-refractivity contribution < 1.29 is 19.3 Å². The first-order valence-electron chi connectivity index (χ1n) is 4.57. The highest BCUT2D eigenvalue weighted by Crippen LogP contribution is 2.04. The summed E-state index contributed by atoms with van der Waals surface area (Å²) in [5.41, 5.74) is 0.812. The molecule has 2 radical (unpaired) electrons. The fourth-order valence-electron chi connectivity index (χ4n) is 1.27. The largest absolute Gasteiger partial charge is 0.542 e. The van der Waals surface area contributed by atoms with Gasteiger partial charge in [0, 0.05) is 6.42 Å². The van der Waals surface area contributed by atoms with Gasteiger partial charge < -0.3 is 15.1 Å². The third-order valence-corrected chi connectivity index (χ3v) is 1.98. The van der Waals surface area contributed by atoms with Gasteiger partial charge in [-0.15, -0.1) is 0 Å². The van der Waals surface area contributed by atoms with Gasteiger partial charge in [-0.05, 0) is 5.56 Å². The van der Waals surface area contributed by atoms with Crippen molar-refractivity contribution in [2.75, 3.05) is 0 Å². The molecule has 82 valence electrons. The van der Waals surface area contributed by atoms with Gasteiger partial charge in [0.2, 0.25) is 0 Å². The fourth-order valence-corrected chi connectivity index (χ4v) is 1.27. The molecule has 0 saturated carbocycles. The summed E-state index contributed by atoms with van der Waals surface area (Å²) in [6, 6.07) is 7.97. The molecule has 1 rings (SSSR count). The topological polar surface area (TPSA) is 75.6 Å². The molecule has 0 bridgehead atoms. The lowest BCUT2D eigenvalue weighted by molar-refractivity contribution is -0.136. The summed E-state index contributed by atoms with van der Waals surface area (Å²) in [6.45, 7) is 0. The summed E-state index contributed by atoms with van der Waals surface area (Å²) < 4.78 is 4.02. The smallest absolute Gasteiger partial charge is 0.405 e. The second-order valence-corrected chi connectivity index (χ2v) is 3.13. The molecule has 0 aromatic heterocycles. The van der Waals surface area contributed by atoms with E-state index in [1.807, 2.05) is 11.4 Å². The third kappa shape index (κ3) is 3.64. The minimum atomic E-state index is -1.30. The van der Waals surface area contributed by atoms with Crippen molar-refractivity contribution in [1.82, 2.24) is 5.32 Å². The summed E-state index contributed by atoms with van der Waals surface area (Å²) in [5.74, 6) is -0.814. The van der Waals surface area contributed by atoms with Crippen LogP contribution in [0.1, 0.15) is 5.56 Å². The Bertz CT molecular complexity index is 368. The lowest BCUT2D eigenvalue weighted by Gasteiger charge is -2.14. The molecule has 0 heterocycles. The van der Waals surface area contributed by atoms with Gasteiger partial charge in [-0.2, -0.15) is 0 Å². The number of carbonyl (C=O) groups is 2. The molecule has 16 heavy (non-hydrogen) atoms. The van der Waals surface area contributed by atoms with E-state index < -0.39 is 18.1 Å². The van der Waals surface area contributed by atoms with E-state index in [-0.39, 0.29) is 6.42 Å². The van der Waals surface area contributed by atoms with E-state index in [4.69, 9.17) is 13.2 Å². The Morgan fingerprint density at radius 3 is 2.50 bits per heavy atom. The Balaban J connectivity index is 2.70. The highest BCUT2D eigenvalue weighted by atomic mass is 16.5. The van der Waals surface area contributed by atoms with E-state index in [9.17, 15) is 9.59 Å². The maximum atomic E-state index is 11.2. The molecule has 1 amide bonds. The standard InChI is InChI=1S/C10H10BNO4/c11-16-9(13)8(12-10(14)15)6-7-4-2-1-3-5-7/h1-5,8,12H,6H2,(H,14,15)/t8-/m0/s1. The number of rotatable bonds is 4. The van der Waals surface area contributed by atoms with Crippen molar-refractivity contribution in [2.24, 2.45) is 0 Å². The predicted molar refractivity (Wildman–Crippen MR) is 56.9 cm³/mol. The average Bonchev–Trinajstić information content (AvgIpc) is 2.28. The van der Waals surface area contributed by atoms with Crippen LogP contribution < -0.4 is 5.32 Å². The molecule has 1 aromatic carbocycles. The van der Waals surface area contributed by atoms with Crippen LogP contribution in [0.4, 0.5) is 4.79 Å². The van der Waals surface area contributed by atoms with Gasteiger partial charge in [0.25, 0.3) is 0 Å². The fraction of sp³-hybridized carbons (Fsp3) is 0.200. The molecule has 0 spiro atoms. The molecule has 6 heteroatoms. The lowest BCUT2D eigenvalue weighted by atomic mass is 10.1. The molecule has 0 aliphatic rings. The van der Waals surface area contributed by atoms with Crippen LogP contribution in [0.3, 0.4) is 0 Å². The van der Waals surface area contributed by atoms with E-state index in [1.165, 1.54) is 0 Å². The summed E-state index contributed by atoms with van der Waals surface area (Å²) in [7, 11) is 4.72. The van der Waals surface area contributed by atoms with Crippen molar-refractivity contribution in [2.45, 2.75) is 12.5 Å². The van der Waals surface area contributed by atoms with Gasteiger partial charge in [-0.3, -0.25) is 4.79 Å². The Morgan fingerprint density at radius 2 is 2.00 bits per heavy atom. The zero-order valence-electron chi connectivity index (χ0n) is 8.42. The molecule has 0 saturated heterocycles. The first-order chi connectivity index (χ1) is 7.63. The minimum Gasteiger partial charge on any atom is -0.542 e. The van der Waals surface area contributed by atoms with E-state index >= 15 is 0 Å². The Hall–Kier alpha value is -1.98. The first kappa shape index (κ1) is 12.1. The van der Waals surface area contributed by atoms with Crippen molar-refractivity contribution in [3.05, 3.63) is 35.9 Å². The number of hydrogen-bond acceptors (Lipinski definition) is 3. The van der Waals surface area contributed by atoms with Crippen LogP contribution in [0.5, 0.6) is 0 Å². The highest BCUT2D eigenvalue weighted by molar-refractivity contribution is 6.06. The summed E-state index contributed by atoms with van der Waals surface area (Å²) in [6.07, 6.45) is -1.10. The molecular weight excluding hydrogens is 209 g/mol. The molecular formula is C10H10BNO4. The Morgan fingerprint density at radius 1 is 1.38 bits per heavy atom. The van der Waals surface area contributed by atoms with Crippen LogP contribution in [-0.2, 0) is 15.9 Å². The zero-order chi connectivity index (χ0) is 12.0. The number of benzene rings is 1. The number of carbonyl (C=O) groups excluding carboxylic acids is 1. The Kier molecular flexibility index (Phi) is 4.38. The van der Waals surface area contributed by atoms with Gasteiger partial charge in [0.1, 0.15) is 6.04 Å². The SMILES string of the molecule is [B]OC(=O)[C@H](Cc1ccccc1)NC(=O)O. The van der Waals surface area contributed by atoms with Gasteiger partial charge in [-0.1, -0.05) is 30.3 Å². The van der Waals surface area contributed by atoms with Crippen LogP contribution in [0, 0.1) is 0 Å². The Labute approximate surface area is 93.9 Å². The summed E-state index contributed by atoms with van der Waals surface area (Å²) in [4.78, 5) is 21.6. The van der Waals surface area contributed by atoms with Crippen LogP contribution in [0.25, 0.3) is 0 Å². The second kappa shape index (κ2) is 5.80. The molecule has 0 fully saturated rings. The average molecular weight is 219 g/mol. The normalized spacial score (nSPS) is 11.5. The molecule has 0 unspecified atom stereocenters. The maximum absolute atomic E-state index is 11.2. The third-order valence-electron chi connectivity index (χ3n) is 1.98. The monoisotopic (exact) mass is 219 g/mol. The highest BCUT2D eigenvalue weighted by Gasteiger charge is 2.20. The predicted octanol–water partition coefficient (Wildman–Crippen LogP) is 0.492. The van der Waals surface area contributed by atoms with Crippen molar-refractivity contribution in [3.63, 3.8) is 0 Å². The summed E-state index contributed by atoms with van der Waals surface area (Å²) in [5, 5.41) is 10.6. The number of nitrogens with one attached hydrogen (secondary N) is 1. The lowest BCUT2D eigenvalue weighted by Crippen LogP contribution is -2.42. The van der Waals surface area contributed by atoms with E-state index in [1.54, 1.807) is 24.3 Å². The molecule has 1 atom stereocenters. The van der Waals surface area contributed by atoms with Crippen molar-refractivity contribution >= 4 is 20.1 Å². The molecule has 1 aromatic rings. The van der Waals surface area contributed by atoms with E-state index in [0.717, 1.165) is 5.56 Å². The van der Waals surface area contributed by atoms with Gasteiger partial charge in [0.05, 0.1) is 0 Å². The van der Waals surface area contributed by atoms with Gasteiger partial charge >= 0.3 is 20.1 Å². The van der Waals surface area contributed by atoms with Crippen molar-refractivity contribution in [3.8, 4) is 0 Å². The van der Waals surface area contributed by atoms with E-state index in [0.29, 0.717) is 0 Å². The van der Waals surface area contributed by atoms with Gasteiger partial charge in [-0.25, -0.2) is 4.79 Å². The molecule has 2 N–H and O–H groups in total. The van der Waals surface area contributed by atoms with Crippen LogP contribution in [0.2, 0.25) is 0 Å². The molecule has 5 nitrogen and oxygen atoms in total. The minimum absolute atomic E-state index is 0.198. The van der Waals surface area contributed by atoms with Crippen LogP contribution in [0.15, 0.2) is 30.3 Å². The van der Waals surface area contributed by atoms with Crippen LogP contribution in [-0.4, -0.2) is 31.3 Å². The summed E-state index contributed by atoms with van der Waals surface area (Å²) >= 11 is 0. The maximum Gasteiger partial charge on any atom is 0.405 e. The van der Waals surface area contributed by atoms with Crippen LogP contribution >= 0.6 is 0 Å².